The van der Waals surface area contributed by atoms with Gasteiger partial charge in [0, 0.05) is 5.71 Å². The van der Waals surface area contributed by atoms with Crippen LogP contribution in [0.25, 0.3) is 0 Å². The SMILES string of the molecule is CC1=NN(c2ccc(N)cn2)C(=O)C1.Cl.Cl. The highest BCUT2D eigenvalue weighted by Crippen LogP contribution is 2.18. The van der Waals surface area contributed by atoms with Crippen LogP contribution in [0.4, 0.5) is 11.5 Å². The number of anilines is 2. The average molecular weight is 263 g/mol. The molecule has 1 aliphatic rings. The number of pyridine rings is 1. The Hall–Kier alpha value is -1.33. The Morgan fingerprint density at radius 2 is 2.06 bits per heavy atom. The molecule has 1 aliphatic heterocycles. The van der Waals surface area contributed by atoms with E-state index in [0.717, 1.165) is 5.71 Å². The molecule has 16 heavy (non-hydrogen) atoms. The predicted octanol–water partition coefficient (Wildman–Crippen LogP) is 1.62. The van der Waals surface area contributed by atoms with Gasteiger partial charge in [-0.1, -0.05) is 0 Å². The quantitative estimate of drug-likeness (QED) is 0.836. The van der Waals surface area contributed by atoms with Crippen molar-refractivity contribution >= 4 is 47.9 Å². The fraction of sp³-hybridized carbons (Fsp3) is 0.222. The molecule has 88 valence electrons. The Labute approximate surface area is 106 Å². The molecule has 1 amide bonds. The molecule has 2 N–H and O–H groups in total. The third-order valence-electron chi connectivity index (χ3n) is 1.90. The first-order chi connectivity index (χ1) is 6.66. The summed E-state index contributed by atoms with van der Waals surface area (Å²) >= 11 is 0. The van der Waals surface area contributed by atoms with Gasteiger partial charge < -0.3 is 5.73 Å². The van der Waals surface area contributed by atoms with Gasteiger partial charge in [-0.3, -0.25) is 4.79 Å². The minimum absolute atomic E-state index is 0. The minimum Gasteiger partial charge on any atom is -0.397 e. The summed E-state index contributed by atoms with van der Waals surface area (Å²) in [6, 6.07) is 3.37. The van der Waals surface area contributed by atoms with Gasteiger partial charge >= 0.3 is 0 Å². The zero-order valence-corrected chi connectivity index (χ0v) is 10.2. The van der Waals surface area contributed by atoms with Crippen molar-refractivity contribution < 1.29 is 4.79 Å². The highest BCUT2D eigenvalue weighted by molar-refractivity contribution is 6.11. The van der Waals surface area contributed by atoms with Crippen LogP contribution in [0.5, 0.6) is 0 Å². The molecule has 1 aromatic rings. The number of halogens is 2. The maximum absolute atomic E-state index is 11.4. The first kappa shape index (κ1) is 14.7. The summed E-state index contributed by atoms with van der Waals surface area (Å²) in [6.07, 6.45) is 1.87. The number of carbonyl (C=O) groups excluding carboxylic acids is 1. The van der Waals surface area contributed by atoms with Crippen LogP contribution in [0.1, 0.15) is 13.3 Å². The van der Waals surface area contributed by atoms with Crippen LogP contribution in [-0.2, 0) is 4.79 Å². The smallest absolute Gasteiger partial charge is 0.254 e. The van der Waals surface area contributed by atoms with E-state index in [2.05, 4.69) is 10.1 Å². The molecule has 1 aromatic heterocycles. The van der Waals surface area contributed by atoms with Crippen LogP contribution >= 0.6 is 24.8 Å². The van der Waals surface area contributed by atoms with Crippen LogP contribution in [0.3, 0.4) is 0 Å². The zero-order chi connectivity index (χ0) is 10.1. The molecule has 0 radical (unpaired) electrons. The Bertz CT molecular complexity index is 404. The summed E-state index contributed by atoms with van der Waals surface area (Å²) in [4.78, 5) is 15.4. The second-order valence-corrected chi connectivity index (χ2v) is 3.17. The van der Waals surface area contributed by atoms with Crippen LogP contribution in [0.2, 0.25) is 0 Å². The lowest BCUT2D eigenvalue weighted by molar-refractivity contribution is -0.116. The largest absolute Gasteiger partial charge is 0.397 e. The number of carbonyl (C=O) groups is 1. The van der Waals surface area contributed by atoms with E-state index < -0.39 is 0 Å². The monoisotopic (exact) mass is 262 g/mol. The number of nitrogen functional groups attached to an aromatic ring is 1. The molecular weight excluding hydrogens is 251 g/mol. The summed E-state index contributed by atoms with van der Waals surface area (Å²) in [5, 5.41) is 5.37. The highest BCUT2D eigenvalue weighted by atomic mass is 35.5. The Morgan fingerprint density at radius 3 is 2.50 bits per heavy atom. The molecule has 0 spiro atoms. The van der Waals surface area contributed by atoms with E-state index in [1.807, 2.05) is 6.92 Å². The predicted molar refractivity (Wildman–Crippen MR) is 68.4 cm³/mol. The summed E-state index contributed by atoms with van der Waals surface area (Å²) in [6.45, 7) is 1.81. The molecule has 0 fully saturated rings. The van der Waals surface area contributed by atoms with Crippen molar-refractivity contribution in [1.82, 2.24) is 4.98 Å². The molecule has 0 unspecified atom stereocenters. The molecule has 0 atom stereocenters. The molecule has 2 heterocycles. The van der Waals surface area contributed by atoms with Crippen molar-refractivity contribution in [3.8, 4) is 0 Å². The average Bonchev–Trinajstić information content (AvgIpc) is 2.47. The number of hydrogen-bond acceptors (Lipinski definition) is 4. The number of hydrazone groups is 1. The topological polar surface area (TPSA) is 71.6 Å². The summed E-state index contributed by atoms with van der Waals surface area (Å²) in [5.74, 6) is 0.459. The van der Waals surface area contributed by atoms with Gasteiger partial charge in [0.05, 0.1) is 18.3 Å². The molecule has 0 bridgehead atoms. The zero-order valence-electron chi connectivity index (χ0n) is 8.58. The lowest BCUT2D eigenvalue weighted by Gasteiger charge is -2.09. The third kappa shape index (κ3) is 2.84. The van der Waals surface area contributed by atoms with Crippen molar-refractivity contribution in [2.24, 2.45) is 5.10 Å². The van der Waals surface area contributed by atoms with Crippen LogP contribution < -0.4 is 10.7 Å². The number of hydrogen-bond donors (Lipinski definition) is 1. The van der Waals surface area contributed by atoms with E-state index in [1.54, 1.807) is 12.1 Å². The third-order valence-corrected chi connectivity index (χ3v) is 1.90. The first-order valence-corrected chi connectivity index (χ1v) is 4.25. The summed E-state index contributed by atoms with van der Waals surface area (Å²) in [7, 11) is 0. The Balaban J connectivity index is 0.00000112. The van der Waals surface area contributed by atoms with Gasteiger partial charge in [0.15, 0.2) is 5.82 Å². The van der Waals surface area contributed by atoms with Gasteiger partial charge in [0.2, 0.25) is 0 Å². The molecule has 0 saturated heterocycles. The maximum Gasteiger partial charge on any atom is 0.254 e. The van der Waals surface area contributed by atoms with Crippen LogP contribution in [-0.4, -0.2) is 16.6 Å². The van der Waals surface area contributed by atoms with E-state index in [1.165, 1.54) is 11.2 Å². The number of nitrogens with two attached hydrogens (primary N) is 1. The lowest BCUT2D eigenvalue weighted by atomic mass is 10.3. The van der Waals surface area contributed by atoms with E-state index in [-0.39, 0.29) is 30.7 Å². The molecule has 0 aromatic carbocycles. The van der Waals surface area contributed by atoms with Gasteiger partial charge in [-0.15, -0.1) is 24.8 Å². The Kier molecular flexibility index (Phi) is 5.20. The minimum atomic E-state index is -0.0558. The van der Waals surface area contributed by atoms with Gasteiger partial charge in [0.1, 0.15) is 0 Å². The number of nitrogens with zero attached hydrogens (tertiary/aromatic N) is 3. The number of rotatable bonds is 1. The van der Waals surface area contributed by atoms with Crippen molar-refractivity contribution in [2.45, 2.75) is 13.3 Å². The molecule has 7 heteroatoms. The molecule has 2 rings (SSSR count). The van der Waals surface area contributed by atoms with Crippen LogP contribution in [0, 0.1) is 0 Å². The van der Waals surface area contributed by atoms with Crippen molar-refractivity contribution in [3.05, 3.63) is 18.3 Å². The second kappa shape index (κ2) is 5.67. The first-order valence-electron chi connectivity index (χ1n) is 4.25. The highest BCUT2D eigenvalue weighted by Gasteiger charge is 2.23. The van der Waals surface area contributed by atoms with Gasteiger partial charge in [-0.2, -0.15) is 10.1 Å². The maximum atomic E-state index is 11.4. The normalized spacial score (nSPS) is 13.9. The fourth-order valence-electron chi connectivity index (χ4n) is 1.26. The van der Waals surface area contributed by atoms with Crippen molar-refractivity contribution in [1.29, 1.82) is 0 Å². The number of amides is 1. The summed E-state index contributed by atoms with van der Waals surface area (Å²) in [5.41, 5.74) is 6.86. The number of aromatic nitrogens is 1. The van der Waals surface area contributed by atoms with E-state index in [4.69, 9.17) is 5.73 Å². The van der Waals surface area contributed by atoms with E-state index in [0.29, 0.717) is 17.9 Å². The van der Waals surface area contributed by atoms with Crippen molar-refractivity contribution in [2.75, 3.05) is 10.7 Å². The van der Waals surface area contributed by atoms with Gasteiger partial charge in [-0.05, 0) is 19.1 Å². The molecule has 0 aliphatic carbocycles. The standard InChI is InChI=1S/C9H10N4O.2ClH/c1-6-4-9(14)13(12-6)8-3-2-7(10)5-11-8;;/h2-3,5H,4,10H2,1H3;2*1H. The van der Waals surface area contributed by atoms with Crippen molar-refractivity contribution in [3.63, 3.8) is 0 Å². The molecular formula is C9H12Cl2N4O. The Morgan fingerprint density at radius 1 is 1.38 bits per heavy atom. The molecule has 5 nitrogen and oxygen atoms in total. The fourth-order valence-corrected chi connectivity index (χ4v) is 1.26. The van der Waals surface area contributed by atoms with Gasteiger partial charge in [-0.25, -0.2) is 4.98 Å². The van der Waals surface area contributed by atoms with E-state index >= 15 is 0 Å². The lowest BCUT2D eigenvalue weighted by Crippen LogP contribution is -2.20. The van der Waals surface area contributed by atoms with Crippen LogP contribution in [0.15, 0.2) is 23.4 Å². The van der Waals surface area contributed by atoms with E-state index in [9.17, 15) is 4.79 Å². The van der Waals surface area contributed by atoms with Gasteiger partial charge in [0.25, 0.3) is 5.91 Å². The molecule has 0 saturated carbocycles. The summed E-state index contributed by atoms with van der Waals surface area (Å²) < 4.78 is 0. The second-order valence-electron chi connectivity index (χ2n) is 3.17.